The lowest BCUT2D eigenvalue weighted by Gasteiger charge is -2.41. The fourth-order valence-electron chi connectivity index (χ4n) is 5.84. The van der Waals surface area contributed by atoms with Crippen LogP contribution >= 0.6 is 24.0 Å². The van der Waals surface area contributed by atoms with Crippen LogP contribution in [-0.2, 0) is 23.9 Å². The second-order valence-electron chi connectivity index (χ2n) is 16.6. The molecule has 2 heterocycles. The van der Waals surface area contributed by atoms with E-state index in [4.69, 9.17) is 22.7 Å². The number of ketones is 1. The number of hydrogen-bond acceptors (Lipinski definition) is 13. The lowest BCUT2D eigenvalue weighted by Crippen LogP contribution is -3.00. The fraction of sp³-hybridized carbons (Fsp3) is 0.733. The Hall–Kier alpha value is -3.22. The largest absolute Gasteiger partial charge is 1.00 e. The summed E-state index contributed by atoms with van der Waals surface area (Å²) in [5.41, 5.74) is 6.89. The number of carbonyl (C=O) groups excluding carboxylic acids is 5. The van der Waals surface area contributed by atoms with Gasteiger partial charge in [0.2, 0.25) is 11.8 Å². The summed E-state index contributed by atoms with van der Waals surface area (Å²) in [4.78, 5) is 68.1. The van der Waals surface area contributed by atoms with Crippen molar-refractivity contribution >= 4 is 69.3 Å². The maximum absolute atomic E-state index is 13.3. The van der Waals surface area contributed by atoms with Crippen LogP contribution in [0.2, 0.25) is 0 Å². The zero-order valence-electron chi connectivity index (χ0n) is 35.8. The van der Waals surface area contributed by atoms with Crippen molar-refractivity contribution in [3.8, 4) is 0 Å². The van der Waals surface area contributed by atoms with Gasteiger partial charge >= 0.3 is 5.97 Å². The molecule has 0 saturated carbocycles. The molecule has 1 fully saturated rings. The Morgan fingerprint density at radius 2 is 1.54 bits per heavy atom. The summed E-state index contributed by atoms with van der Waals surface area (Å²) >= 11 is 6.66. The van der Waals surface area contributed by atoms with E-state index in [1.54, 1.807) is 51.7 Å². The Balaban J connectivity index is -0.000000187. The van der Waals surface area contributed by atoms with Crippen LogP contribution in [0.5, 0.6) is 0 Å². The number of halogens is 1. The van der Waals surface area contributed by atoms with Crippen molar-refractivity contribution in [1.29, 1.82) is 0 Å². The highest BCUT2D eigenvalue weighted by Crippen LogP contribution is 2.44. The van der Waals surface area contributed by atoms with E-state index in [1.807, 2.05) is 41.9 Å². The third-order valence-corrected chi connectivity index (χ3v) is 10.7. The second kappa shape index (κ2) is 34.2. The van der Waals surface area contributed by atoms with E-state index in [1.165, 1.54) is 18.0 Å². The minimum absolute atomic E-state index is 0. The number of Topliss-reactive ketones (excluding diaryl/α,β-unsaturated/α-hetero) is 1. The molecule has 3 amide bonds. The normalized spacial score (nSPS) is 14.3. The molecule has 1 aromatic rings. The monoisotopic (exact) mass is 955 g/mol. The lowest BCUT2D eigenvalue weighted by atomic mass is 9.64. The van der Waals surface area contributed by atoms with Gasteiger partial charge in [-0.15, -0.1) is 0 Å². The Kier molecular flexibility index (Phi) is 40.2. The van der Waals surface area contributed by atoms with Crippen LogP contribution in [0.15, 0.2) is 23.4 Å². The third kappa shape index (κ3) is 27.0. The number of anilines is 1. The van der Waals surface area contributed by atoms with Crippen LogP contribution in [0.1, 0.15) is 142 Å². The van der Waals surface area contributed by atoms with E-state index in [2.05, 4.69) is 26.1 Å². The molecule has 6 N–H and O–H groups in total. The first-order chi connectivity index (χ1) is 25.9. The smallest absolute Gasteiger partial charge is 0.311 e. The third-order valence-electron chi connectivity index (χ3n) is 9.24. The summed E-state index contributed by atoms with van der Waals surface area (Å²) in [5.74, 6) is 0.549. The first-order valence-electron chi connectivity index (χ1n) is 19.1. The first kappa shape index (κ1) is 74.1. The molecule has 63 heavy (non-hydrogen) atoms. The number of nitrogens with zero attached hydrogens (tertiary/aromatic N) is 4. The minimum Gasteiger partial charge on any atom is -1.00 e. The maximum Gasteiger partial charge on any atom is 0.311 e. The number of aliphatic hydroxyl groups excluding tert-OH is 1. The molecule has 0 radical (unpaired) electrons. The van der Waals surface area contributed by atoms with Crippen LogP contribution in [0, 0.1) is 16.2 Å². The van der Waals surface area contributed by atoms with Crippen molar-refractivity contribution in [2.24, 2.45) is 27.1 Å². The topological polar surface area (TPSA) is 205 Å². The number of carbonyl (C=O) groups is 5. The molecule has 1 aromatic heterocycles. The molecule has 15 nitrogen and oxygen atoms in total. The van der Waals surface area contributed by atoms with Crippen molar-refractivity contribution in [3.63, 3.8) is 0 Å². The van der Waals surface area contributed by atoms with E-state index in [0.717, 1.165) is 11.5 Å². The number of nitrogens with one attached hydrogen (secondary N) is 3. The average molecular weight is 956 g/mol. The van der Waals surface area contributed by atoms with Crippen molar-refractivity contribution < 1.29 is 50.7 Å². The summed E-state index contributed by atoms with van der Waals surface area (Å²) in [7, 11) is 6.06. The number of quaternary nitrogens is 1. The molecule has 2 rings (SSSR count). The summed E-state index contributed by atoms with van der Waals surface area (Å²) in [6.07, 6.45) is 2.86. The average Bonchev–Trinajstić information content (AvgIpc) is 3.55. The van der Waals surface area contributed by atoms with Crippen LogP contribution in [0.25, 0.3) is 0 Å². The van der Waals surface area contributed by atoms with Gasteiger partial charge in [0.1, 0.15) is 29.1 Å². The minimum atomic E-state index is -1.02. The molecule has 372 valence electrons. The van der Waals surface area contributed by atoms with Crippen molar-refractivity contribution in [2.75, 3.05) is 71.7 Å². The van der Waals surface area contributed by atoms with Gasteiger partial charge in [0.15, 0.2) is 0 Å². The number of aromatic nitrogens is 1. The van der Waals surface area contributed by atoms with Crippen molar-refractivity contribution in [2.45, 2.75) is 138 Å². The van der Waals surface area contributed by atoms with Crippen LogP contribution in [0.3, 0.4) is 0 Å². The highest BCUT2D eigenvalue weighted by atomic mass is 35.5. The van der Waals surface area contributed by atoms with Gasteiger partial charge in [-0.25, -0.2) is 4.98 Å². The van der Waals surface area contributed by atoms with Gasteiger partial charge in [0.25, 0.3) is 5.91 Å². The number of hydrogen-bond donors (Lipinski definition) is 5. The molecule has 18 heteroatoms. The molecule has 0 bridgehead atoms. The molecule has 0 aliphatic carbocycles. The molecule has 3 unspecified atom stereocenters. The summed E-state index contributed by atoms with van der Waals surface area (Å²) < 4.78 is 6.83. The summed E-state index contributed by atoms with van der Waals surface area (Å²) in [6, 6.07) is 3.39. The van der Waals surface area contributed by atoms with E-state index in [0.29, 0.717) is 59.1 Å². The van der Waals surface area contributed by atoms with E-state index >= 15 is 0 Å². The molecule has 1 aliphatic rings. The highest BCUT2D eigenvalue weighted by Gasteiger charge is 2.48. The number of ether oxygens (including phenoxy) is 1. The van der Waals surface area contributed by atoms with Gasteiger partial charge < -0.3 is 47.9 Å². The SMILES string of the molecule is C.C.C.C.C.C.CC(=O)CCC(C)=NNc1ccc(C(=O)N2CCSC2=S)cn1.CCC(C)(CC(C)(CC(C)(C)C(=O)OCC[N+](C)(C)C)C(=O)NCCN)C(=O)NCC(C)O.[Cl-]. The quantitative estimate of drug-likeness (QED) is 0.0378. The number of hydrazone groups is 1. The van der Waals surface area contributed by atoms with Gasteiger partial charge in [0.05, 0.1) is 38.2 Å². The molecule has 3 atom stereocenters. The molecule has 1 aliphatic heterocycles. The Labute approximate surface area is 399 Å². The molecule has 0 aromatic carbocycles. The number of amides is 3. The van der Waals surface area contributed by atoms with Crippen molar-refractivity contribution in [1.82, 2.24) is 20.5 Å². The van der Waals surface area contributed by atoms with Gasteiger partial charge in [-0.1, -0.05) is 89.3 Å². The second-order valence-corrected chi connectivity index (χ2v) is 18.4. The Bertz CT molecular complexity index is 1540. The Morgan fingerprint density at radius 3 is 1.98 bits per heavy atom. The summed E-state index contributed by atoms with van der Waals surface area (Å²) in [5, 5.41) is 19.3. The van der Waals surface area contributed by atoms with Crippen LogP contribution < -0.4 is 34.2 Å². The number of pyridine rings is 1. The number of thiocarbonyl (C=S) groups is 1. The number of aliphatic hydroxyl groups is 1. The molecular formula is C45H91ClN8O7S2. The number of nitrogens with two attached hydrogens (primary N) is 1. The molecule has 1 saturated heterocycles. The first-order valence-corrected chi connectivity index (χ1v) is 20.4. The summed E-state index contributed by atoms with van der Waals surface area (Å²) in [6.45, 7) is 16.4. The predicted octanol–water partition coefficient (Wildman–Crippen LogP) is 4.57. The standard InChI is InChI=1S/C24H48N4O5.C15H18N4O2S2.6CH4.ClH/c1-10-23(5,19(30)27-15-18(2)29)17-24(6,20(31)26-12-11-25)16-22(3,4)21(32)33-14-13-28(7,8)9;1-10(3-4-11(2)20)17-18-13-6-5-12(9-16-13)14(21)19-7-8-23-15(19)22;;;;;;;/h18,29H,10-17,25H2,1-9H3,(H-,26,27,30,31);5-6,9H,3-4,7-8H2,1-2H3,(H,16,18);6*1H4;1H. The number of rotatable bonds is 21. The predicted molar refractivity (Wildman–Crippen MR) is 267 cm³/mol. The van der Waals surface area contributed by atoms with Crippen molar-refractivity contribution in [3.05, 3.63) is 23.9 Å². The van der Waals surface area contributed by atoms with E-state index in [-0.39, 0.29) is 119 Å². The zero-order chi connectivity index (χ0) is 42.9. The van der Waals surface area contributed by atoms with Crippen LogP contribution in [0.4, 0.5) is 5.82 Å². The zero-order valence-corrected chi connectivity index (χ0v) is 38.1. The van der Waals surface area contributed by atoms with Gasteiger partial charge in [-0.05, 0) is 72.4 Å². The van der Waals surface area contributed by atoms with Crippen LogP contribution in [-0.4, -0.2) is 131 Å². The number of esters is 1. The number of likely N-dealkylation sites (N-methyl/N-ethyl adjacent to an activating group) is 1. The van der Waals surface area contributed by atoms with Gasteiger partial charge in [-0.3, -0.25) is 29.5 Å². The Morgan fingerprint density at radius 1 is 0.968 bits per heavy atom. The van der Waals surface area contributed by atoms with Gasteiger partial charge in [0, 0.05) is 61.1 Å². The molecular weight excluding hydrogens is 864 g/mol. The lowest BCUT2D eigenvalue weighted by molar-refractivity contribution is -0.870. The maximum atomic E-state index is 13.3. The number of thioether (sulfide) groups is 1. The fourth-order valence-corrected chi connectivity index (χ4v) is 7.05. The van der Waals surface area contributed by atoms with E-state index < -0.39 is 22.3 Å². The van der Waals surface area contributed by atoms with Gasteiger partial charge in [-0.2, -0.15) is 5.10 Å². The van der Waals surface area contributed by atoms with E-state index in [9.17, 15) is 29.1 Å². The highest BCUT2D eigenvalue weighted by molar-refractivity contribution is 8.23. The molecule has 0 spiro atoms.